The third-order valence-corrected chi connectivity index (χ3v) is 6.33. The molecule has 4 rings (SSSR count). The Labute approximate surface area is 190 Å². The molecule has 0 radical (unpaired) electrons. The molecule has 2 heterocycles. The highest BCUT2D eigenvalue weighted by molar-refractivity contribution is 8.00. The largest absolute Gasteiger partial charge is 0.494 e. The van der Waals surface area contributed by atoms with E-state index in [1.807, 2.05) is 48.0 Å². The number of thioether (sulfide) groups is 1. The third-order valence-electron chi connectivity index (χ3n) is 4.88. The van der Waals surface area contributed by atoms with Crippen LogP contribution in [0.1, 0.15) is 37.7 Å². The summed E-state index contributed by atoms with van der Waals surface area (Å²) in [6.45, 7) is 4.65. The van der Waals surface area contributed by atoms with Gasteiger partial charge in [0.25, 0.3) is 0 Å². The van der Waals surface area contributed by atoms with Crippen molar-refractivity contribution < 1.29 is 9.53 Å². The van der Waals surface area contributed by atoms with Crippen LogP contribution < -0.4 is 15.5 Å². The highest BCUT2D eigenvalue weighted by Crippen LogP contribution is 2.38. The monoisotopic (exact) mass is 457 g/mol. The van der Waals surface area contributed by atoms with Crippen LogP contribution in [0.2, 0.25) is 5.02 Å². The third kappa shape index (κ3) is 4.80. The van der Waals surface area contributed by atoms with Gasteiger partial charge in [0.05, 0.1) is 12.6 Å². The number of hydrogen-bond acceptors (Lipinski definition) is 6. The minimum absolute atomic E-state index is 0.134. The minimum atomic E-state index is -0.455. The summed E-state index contributed by atoms with van der Waals surface area (Å²) < 4.78 is 7.47. The zero-order chi connectivity index (χ0) is 21.8. The number of aromatic nitrogens is 3. The molecule has 1 aliphatic rings. The summed E-state index contributed by atoms with van der Waals surface area (Å²) in [6, 6.07) is 14.7. The first-order valence-corrected chi connectivity index (χ1v) is 11.5. The van der Waals surface area contributed by atoms with E-state index in [1.165, 1.54) is 11.8 Å². The SMILES string of the molecule is CCCc1nnc2n1N[C@@H](c1ccc(OCC)cc1)[C@H](C(=O)Nc1cccc(Cl)c1)S2. The van der Waals surface area contributed by atoms with Crippen molar-refractivity contribution in [2.75, 3.05) is 17.3 Å². The van der Waals surface area contributed by atoms with E-state index in [1.54, 1.807) is 12.1 Å². The summed E-state index contributed by atoms with van der Waals surface area (Å²) >= 11 is 7.48. The number of halogens is 1. The number of carbonyl (C=O) groups excluding carboxylic acids is 1. The summed E-state index contributed by atoms with van der Waals surface area (Å²) in [7, 11) is 0. The first-order valence-electron chi connectivity index (χ1n) is 10.3. The van der Waals surface area contributed by atoms with Crippen LogP contribution in [0.15, 0.2) is 53.7 Å². The van der Waals surface area contributed by atoms with Crippen LogP contribution in [0, 0.1) is 0 Å². The van der Waals surface area contributed by atoms with Crippen LogP contribution in [0.5, 0.6) is 5.75 Å². The molecule has 0 saturated heterocycles. The fourth-order valence-corrected chi connectivity index (χ4v) is 4.74. The Morgan fingerprint density at radius 3 is 2.74 bits per heavy atom. The van der Waals surface area contributed by atoms with Crippen molar-refractivity contribution in [2.45, 2.75) is 43.1 Å². The lowest BCUT2D eigenvalue weighted by molar-refractivity contribution is -0.116. The van der Waals surface area contributed by atoms with Crippen molar-refractivity contribution in [2.24, 2.45) is 0 Å². The Bertz CT molecular complexity index is 1060. The predicted molar refractivity (Wildman–Crippen MR) is 123 cm³/mol. The molecule has 31 heavy (non-hydrogen) atoms. The van der Waals surface area contributed by atoms with Gasteiger partial charge in [-0.1, -0.05) is 48.5 Å². The second-order valence-electron chi connectivity index (χ2n) is 7.13. The number of fused-ring (bicyclic) bond motifs is 1. The maximum atomic E-state index is 13.3. The van der Waals surface area contributed by atoms with Gasteiger partial charge in [-0.25, -0.2) is 4.68 Å². The van der Waals surface area contributed by atoms with E-state index in [2.05, 4.69) is 27.9 Å². The van der Waals surface area contributed by atoms with Crippen LogP contribution in [0.25, 0.3) is 0 Å². The van der Waals surface area contributed by atoms with Crippen molar-refractivity contribution in [1.82, 2.24) is 14.9 Å². The van der Waals surface area contributed by atoms with Crippen LogP contribution in [-0.2, 0) is 11.2 Å². The van der Waals surface area contributed by atoms with Crippen molar-refractivity contribution in [3.63, 3.8) is 0 Å². The number of nitrogens with zero attached hydrogens (tertiary/aromatic N) is 3. The zero-order valence-corrected chi connectivity index (χ0v) is 18.9. The van der Waals surface area contributed by atoms with Gasteiger partial charge in [-0.2, -0.15) is 0 Å². The topological polar surface area (TPSA) is 81.1 Å². The Hall–Kier alpha value is -2.71. The van der Waals surface area contributed by atoms with Crippen molar-refractivity contribution >= 4 is 35.0 Å². The van der Waals surface area contributed by atoms with E-state index in [9.17, 15) is 4.79 Å². The molecule has 0 fully saturated rings. The van der Waals surface area contributed by atoms with Crippen LogP contribution in [0.4, 0.5) is 5.69 Å². The van der Waals surface area contributed by atoms with Gasteiger partial charge in [0.15, 0.2) is 5.82 Å². The molecule has 2 atom stereocenters. The maximum absolute atomic E-state index is 13.3. The van der Waals surface area contributed by atoms with E-state index in [4.69, 9.17) is 16.3 Å². The van der Waals surface area contributed by atoms with Crippen molar-refractivity contribution in [1.29, 1.82) is 0 Å². The number of carbonyl (C=O) groups is 1. The van der Waals surface area contributed by atoms with Gasteiger partial charge < -0.3 is 15.5 Å². The van der Waals surface area contributed by atoms with Gasteiger partial charge in [-0.15, -0.1) is 10.2 Å². The molecule has 0 aliphatic carbocycles. The zero-order valence-electron chi connectivity index (χ0n) is 17.3. The highest BCUT2D eigenvalue weighted by Gasteiger charge is 2.37. The molecule has 2 aromatic carbocycles. The molecule has 3 aromatic rings. The van der Waals surface area contributed by atoms with Crippen molar-refractivity contribution in [3.8, 4) is 5.75 Å². The fourth-order valence-electron chi connectivity index (χ4n) is 3.45. The normalized spacial score (nSPS) is 17.5. The quantitative estimate of drug-likeness (QED) is 0.536. The lowest BCUT2D eigenvalue weighted by atomic mass is 10.0. The number of benzene rings is 2. The van der Waals surface area contributed by atoms with Gasteiger partial charge in [0.2, 0.25) is 11.1 Å². The average Bonchev–Trinajstić information content (AvgIpc) is 3.16. The predicted octanol–water partition coefficient (Wildman–Crippen LogP) is 4.68. The van der Waals surface area contributed by atoms with Crippen LogP contribution in [0.3, 0.4) is 0 Å². The molecule has 2 N–H and O–H groups in total. The maximum Gasteiger partial charge on any atom is 0.240 e. The summed E-state index contributed by atoms with van der Waals surface area (Å²) in [4.78, 5) is 13.3. The number of aryl methyl sites for hydroxylation is 1. The van der Waals surface area contributed by atoms with Gasteiger partial charge in [0.1, 0.15) is 11.0 Å². The number of ether oxygens (including phenoxy) is 1. The number of rotatable bonds is 7. The Balaban J connectivity index is 1.65. The molecule has 0 saturated carbocycles. The van der Waals surface area contributed by atoms with Gasteiger partial charge in [-0.3, -0.25) is 4.79 Å². The van der Waals surface area contributed by atoms with E-state index in [0.29, 0.717) is 22.5 Å². The Kier molecular flexibility index (Phi) is 6.67. The van der Waals surface area contributed by atoms with Crippen LogP contribution in [-0.4, -0.2) is 32.6 Å². The number of anilines is 1. The smallest absolute Gasteiger partial charge is 0.240 e. The first-order chi connectivity index (χ1) is 15.1. The minimum Gasteiger partial charge on any atom is -0.494 e. The molecule has 0 bridgehead atoms. The number of hydrogen-bond donors (Lipinski definition) is 2. The number of nitrogens with one attached hydrogen (secondary N) is 2. The lowest BCUT2D eigenvalue weighted by Gasteiger charge is -2.33. The van der Waals surface area contributed by atoms with Crippen molar-refractivity contribution in [3.05, 3.63) is 64.9 Å². The molecule has 0 unspecified atom stereocenters. The molecule has 1 aromatic heterocycles. The Morgan fingerprint density at radius 2 is 2.03 bits per heavy atom. The molecule has 7 nitrogen and oxygen atoms in total. The molecular weight excluding hydrogens is 434 g/mol. The van der Waals surface area contributed by atoms with Gasteiger partial charge in [0, 0.05) is 17.1 Å². The van der Waals surface area contributed by atoms with E-state index in [0.717, 1.165) is 30.0 Å². The molecule has 1 amide bonds. The average molecular weight is 458 g/mol. The summed E-state index contributed by atoms with van der Waals surface area (Å²) in [5.41, 5.74) is 5.10. The first kappa shape index (κ1) is 21.5. The summed E-state index contributed by atoms with van der Waals surface area (Å²) in [5, 5.41) is 12.4. The second kappa shape index (κ2) is 9.62. The van der Waals surface area contributed by atoms with Gasteiger partial charge >= 0.3 is 0 Å². The molecule has 162 valence electrons. The molecule has 0 spiro atoms. The van der Waals surface area contributed by atoms with E-state index in [-0.39, 0.29) is 11.9 Å². The fraction of sp³-hybridized carbons (Fsp3) is 0.318. The molecular formula is C22H24ClN5O2S. The number of amides is 1. The van der Waals surface area contributed by atoms with Gasteiger partial charge in [-0.05, 0) is 49.2 Å². The lowest BCUT2D eigenvalue weighted by Crippen LogP contribution is -2.41. The van der Waals surface area contributed by atoms with E-state index < -0.39 is 5.25 Å². The Morgan fingerprint density at radius 1 is 1.23 bits per heavy atom. The highest BCUT2D eigenvalue weighted by atomic mass is 35.5. The second-order valence-corrected chi connectivity index (χ2v) is 8.68. The standard InChI is InChI=1S/C22H24ClN5O2S/c1-3-6-18-25-26-22-28(18)27-19(14-9-11-17(12-10-14)30-4-2)20(31-22)21(29)24-16-8-5-7-15(23)13-16/h5,7-13,19-20,27H,3-4,6H2,1-2H3,(H,24,29)/t19-,20+/m0/s1. The molecule has 1 aliphatic heterocycles. The summed E-state index contributed by atoms with van der Waals surface area (Å²) in [6.07, 6.45) is 1.76. The van der Waals surface area contributed by atoms with E-state index >= 15 is 0 Å². The molecule has 9 heteroatoms. The summed E-state index contributed by atoms with van der Waals surface area (Å²) in [5.74, 6) is 1.52. The van der Waals surface area contributed by atoms with Crippen LogP contribution >= 0.6 is 23.4 Å².